The van der Waals surface area contributed by atoms with Gasteiger partial charge < -0.3 is 4.42 Å². The summed E-state index contributed by atoms with van der Waals surface area (Å²) in [5, 5.41) is 0.955. The zero-order valence-electron chi connectivity index (χ0n) is 8.84. The smallest absolute Gasteiger partial charge is 0.300 e. The monoisotopic (exact) mass is 348 g/mol. The summed E-state index contributed by atoms with van der Waals surface area (Å²) in [6.45, 7) is 0. The summed E-state index contributed by atoms with van der Waals surface area (Å²) >= 11 is 15.3. The summed E-state index contributed by atoms with van der Waals surface area (Å²) in [4.78, 5) is 11.3. The molecule has 0 fully saturated rings. The van der Waals surface area contributed by atoms with Gasteiger partial charge in [0.05, 0.1) is 10.0 Å². The maximum atomic E-state index is 11.3. The maximum absolute atomic E-state index is 11.3. The van der Waals surface area contributed by atoms with Crippen LogP contribution in [0.3, 0.4) is 0 Å². The molecule has 1 aromatic heterocycles. The maximum Gasteiger partial charge on any atom is 0.300 e. The number of nitrogens with two attached hydrogens (primary N) is 1. The van der Waals surface area contributed by atoms with Gasteiger partial charge in [0, 0.05) is 10.0 Å². The van der Waals surface area contributed by atoms with E-state index in [-0.39, 0.29) is 5.76 Å². The molecule has 0 saturated heterocycles. The molecule has 0 aliphatic heterocycles. The second-order valence-corrected chi connectivity index (χ2v) is 5.05. The van der Waals surface area contributed by atoms with Gasteiger partial charge in [-0.1, -0.05) is 23.2 Å². The predicted molar refractivity (Wildman–Crippen MR) is 73.5 cm³/mol. The van der Waals surface area contributed by atoms with Crippen molar-refractivity contribution < 1.29 is 9.21 Å². The van der Waals surface area contributed by atoms with Crippen LogP contribution < -0.4 is 11.3 Å². The van der Waals surface area contributed by atoms with Crippen molar-refractivity contribution in [2.45, 2.75) is 0 Å². The van der Waals surface area contributed by atoms with Crippen molar-refractivity contribution in [1.82, 2.24) is 5.43 Å². The highest BCUT2D eigenvalue weighted by Crippen LogP contribution is 2.36. The van der Waals surface area contributed by atoms with Crippen LogP contribution in [0, 0.1) is 0 Å². The standard InChI is InChI=1S/C11H7BrCl2N2O2/c12-6-4-7(13)5(3-8(6)14)9-1-2-10(18-9)11(17)16-15/h1-4H,15H2,(H,16,17). The molecule has 94 valence electrons. The Labute approximate surface area is 121 Å². The molecule has 1 aromatic carbocycles. The molecule has 2 rings (SSSR count). The Kier molecular flexibility index (Phi) is 3.97. The van der Waals surface area contributed by atoms with E-state index < -0.39 is 5.91 Å². The van der Waals surface area contributed by atoms with Crippen LogP contribution in [-0.4, -0.2) is 5.91 Å². The number of furan rings is 1. The molecule has 0 unspecified atom stereocenters. The van der Waals surface area contributed by atoms with Crippen molar-refractivity contribution in [3.63, 3.8) is 0 Å². The summed E-state index contributed by atoms with van der Waals surface area (Å²) < 4.78 is 6.03. The SMILES string of the molecule is NNC(=O)c1ccc(-c2cc(Cl)c(Br)cc2Cl)o1. The van der Waals surface area contributed by atoms with Crippen LogP contribution in [0.2, 0.25) is 10.0 Å². The highest BCUT2D eigenvalue weighted by molar-refractivity contribution is 9.10. The number of carbonyl (C=O) groups is 1. The Morgan fingerprint density at radius 2 is 2.00 bits per heavy atom. The Balaban J connectivity index is 2.46. The number of hydrazine groups is 1. The first-order chi connectivity index (χ1) is 8.52. The van der Waals surface area contributed by atoms with Crippen molar-refractivity contribution >= 4 is 45.0 Å². The van der Waals surface area contributed by atoms with E-state index in [1.54, 1.807) is 18.2 Å². The second kappa shape index (κ2) is 5.32. The Morgan fingerprint density at radius 1 is 1.28 bits per heavy atom. The van der Waals surface area contributed by atoms with E-state index in [0.717, 1.165) is 0 Å². The predicted octanol–water partition coefficient (Wildman–Crippen LogP) is 3.62. The lowest BCUT2D eigenvalue weighted by molar-refractivity contribution is 0.0927. The van der Waals surface area contributed by atoms with E-state index in [0.29, 0.717) is 25.8 Å². The fraction of sp³-hybridized carbons (Fsp3) is 0. The highest BCUT2D eigenvalue weighted by Gasteiger charge is 2.14. The third kappa shape index (κ3) is 2.54. The normalized spacial score (nSPS) is 10.4. The van der Waals surface area contributed by atoms with Crippen molar-refractivity contribution in [2.75, 3.05) is 0 Å². The molecule has 4 nitrogen and oxygen atoms in total. The van der Waals surface area contributed by atoms with E-state index in [4.69, 9.17) is 33.5 Å². The van der Waals surface area contributed by atoms with Crippen molar-refractivity contribution in [3.8, 4) is 11.3 Å². The molecule has 3 N–H and O–H groups in total. The molecule has 18 heavy (non-hydrogen) atoms. The zero-order chi connectivity index (χ0) is 13.3. The molecule has 0 saturated carbocycles. The van der Waals surface area contributed by atoms with E-state index in [2.05, 4.69) is 15.9 Å². The van der Waals surface area contributed by atoms with Gasteiger partial charge in [0.1, 0.15) is 5.76 Å². The Morgan fingerprint density at radius 3 is 2.67 bits per heavy atom. The third-order valence-electron chi connectivity index (χ3n) is 2.24. The molecule has 1 heterocycles. The largest absolute Gasteiger partial charge is 0.451 e. The summed E-state index contributed by atoms with van der Waals surface area (Å²) in [5.74, 6) is 5.04. The van der Waals surface area contributed by atoms with Gasteiger partial charge in [0.25, 0.3) is 0 Å². The van der Waals surface area contributed by atoms with Crippen LogP contribution in [0.4, 0.5) is 0 Å². The molecule has 0 aliphatic carbocycles. The number of nitrogen functional groups attached to an aromatic ring is 1. The molecule has 0 atom stereocenters. The first kappa shape index (κ1) is 13.4. The number of carbonyl (C=O) groups excluding carboxylic acids is 1. The molecular formula is C11H7BrCl2N2O2. The molecular weight excluding hydrogens is 343 g/mol. The number of rotatable bonds is 2. The van der Waals surface area contributed by atoms with Crippen LogP contribution >= 0.6 is 39.1 Å². The van der Waals surface area contributed by atoms with Gasteiger partial charge in [-0.25, -0.2) is 5.84 Å². The van der Waals surface area contributed by atoms with Gasteiger partial charge in [-0.2, -0.15) is 0 Å². The summed E-state index contributed by atoms with van der Waals surface area (Å²) in [7, 11) is 0. The minimum Gasteiger partial charge on any atom is -0.451 e. The van der Waals surface area contributed by atoms with E-state index >= 15 is 0 Å². The van der Waals surface area contributed by atoms with Crippen LogP contribution in [0.15, 0.2) is 33.2 Å². The average Bonchev–Trinajstić information content (AvgIpc) is 2.82. The fourth-order valence-corrected chi connectivity index (χ4v) is 2.28. The topological polar surface area (TPSA) is 68.3 Å². The average molecular weight is 350 g/mol. The van der Waals surface area contributed by atoms with Gasteiger partial charge in [0.2, 0.25) is 0 Å². The van der Waals surface area contributed by atoms with E-state index in [9.17, 15) is 4.79 Å². The lowest BCUT2D eigenvalue weighted by atomic mass is 10.2. The Bertz CT molecular complexity index is 613. The molecule has 0 spiro atoms. The number of nitrogens with one attached hydrogen (secondary N) is 1. The summed E-state index contributed by atoms with van der Waals surface area (Å²) in [5.41, 5.74) is 2.58. The minimum absolute atomic E-state index is 0.0996. The lowest BCUT2D eigenvalue weighted by Crippen LogP contribution is -2.29. The Hall–Kier alpha value is -1.01. The van der Waals surface area contributed by atoms with Crippen molar-refractivity contribution in [1.29, 1.82) is 0 Å². The fourth-order valence-electron chi connectivity index (χ4n) is 1.39. The van der Waals surface area contributed by atoms with Gasteiger partial charge >= 0.3 is 5.91 Å². The van der Waals surface area contributed by atoms with E-state index in [1.165, 1.54) is 6.07 Å². The second-order valence-electron chi connectivity index (χ2n) is 3.38. The van der Waals surface area contributed by atoms with Gasteiger partial charge in [-0.3, -0.25) is 10.2 Å². The lowest BCUT2D eigenvalue weighted by Gasteiger charge is -2.03. The number of hydrogen-bond acceptors (Lipinski definition) is 3. The molecule has 2 aromatic rings. The molecule has 0 bridgehead atoms. The van der Waals surface area contributed by atoms with Crippen LogP contribution in [-0.2, 0) is 0 Å². The van der Waals surface area contributed by atoms with Gasteiger partial charge in [-0.15, -0.1) is 0 Å². The van der Waals surface area contributed by atoms with Gasteiger partial charge in [0.15, 0.2) is 5.76 Å². The van der Waals surface area contributed by atoms with Crippen molar-refractivity contribution in [3.05, 3.63) is 44.5 Å². The van der Waals surface area contributed by atoms with Crippen molar-refractivity contribution in [2.24, 2.45) is 5.84 Å². The number of hydrogen-bond donors (Lipinski definition) is 2. The molecule has 0 aliphatic rings. The van der Waals surface area contributed by atoms with Gasteiger partial charge in [-0.05, 0) is 40.2 Å². The number of amides is 1. The molecule has 1 amide bonds. The number of benzene rings is 1. The summed E-state index contributed by atoms with van der Waals surface area (Å²) in [6.07, 6.45) is 0. The van der Waals surface area contributed by atoms with Crippen LogP contribution in [0.25, 0.3) is 11.3 Å². The van der Waals surface area contributed by atoms with E-state index in [1.807, 2.05) is 5.43 Å². The first-order valence-electron chi connectivity index (χ1n) is 4.78. The van der Waals surface area contributed by atoms with Crippen LogP contribution in [0.5, 0.6) is 0 Å². The zero-order valence-corrected chi connectivity index (χ0v) is 11.9. The first-order valence-corrected chi connectivity index (χ1v) is 6.33. The quantitative estimate of drug-likeness (QED) is 0.376. The highest BCUT2D eigenvalue weighted by atomic mass is 79.9. The minimum atomic E-state index is -0.513. The van der Waals surface area contributed by atoms with Crippen LogP contribution in [0.1, 0.15) is 10.6 Å². The number of halogens is 3. The summed E-state index contributed by atoms with van der Waals surface area (Å²) in [6, 6.07) is 6.43. The molecule has 0 radical (unpaired) electrons. The third-order valence-corrected chi connectivity index (χ3v) is 3.75. The molecule has 7 heteroatoms.